The van der Waals surface area contributed by atoms with E-state index < -0.39 is 16.1 Å². The Hall–Kier alpha value is -3.26. The van der Waals surface area contributed by atoms with Gasteiger partial charge in [-0.3, -0.25) is 4.79 Å². The highest BCUT2D eigenvalue weighted by Gasteiger charge is 2.24. The van der Waals surface area contributed by atoms with Gasteiger partial charge >= 0.3 is 0 Å². The molecular formula is C25H25N3O3S. The number of para-hydroxylation sites is 1. The quantitative estimate of drug-likeness (QED) is 0.357. The Bertz CT molecular complexity index is 1340. The van der Waals surface area contributed by atoms with Crippen molar-refractivity contribution in [1.82, 2.24) is 10.3 Å². The Morgan fingerprint density at radius 3 is 2.41 bits per heavy atom. The summed E-state index contributed by atoms with van der Waals surface area (Å²) in [6, 6.07) is 21.6. The molecule has 0 radical (unpaired) electrons. The van der Waals surface area contributed by atoms with Crippen LogP contribution in [0.4, 0.5) is 0 Å². The molecule has 7 heteroatoms. The van der Waals surface area contributed by atoms with E-state index in [1.165, 1.54) is 12.1 Å². The SMILES string of the molecule is Cc1cccc2c(C(=O)[C@@H](NCCc3ccc(S(N)(=O)=O)cc3)c3ccccc3)c[nH]c12. The number of nitrogens with one attached hydrogen (secondary N) is 2. The van der Waals surface area contributed by atoms with Gasteiger partial charge in [0.25, 0.3) is 0 Å². The first-order valence-corrected chi connectivity index (χ1v) is 11.9. The molecule has 4 N–H and O–H groups in total. The first-order chi connectivity index (χ1) is 15.3. The molecule has 0 amide bonds. The third-order valence-corrected chi connectivity index (χ3v) is 6.53. The molecule has 1 atom stereocenters. The molecule has 3 aromatic carbocycles. The number of H-pyrrole nitrogens is 1. The number of fused-ring (bicyclic) bond motifs is 1. The number of ketones is 1. The molecule has 0 unspecified atom stereocenters. The summed E-state index contributed by atoms with van der Waals surface area (Å²) in [5.74, 6) is -0.00220. The van der Waals surface area contributed by atoms with Crippen LogP contribution >= 0.6 is 0 Å². The molecule has 0 saturated heterocycles. The zero-order valence-electron chi connectivity index (χ0n) is 17.7. The molecule has 1 aromatic heterocycles. The van der Waals surface area contributed by atoms with Crippen LogP contribution in [0.2, 0.25) is 0 Å². The van der Waals surface area contributed by atoms with Crippen LogP contribution in [0, 0.1) is 6.92 Å². The molecule has 1 heterocycles. The van der Waals surface area contributed by atoms with Crippen molar-refractivity contribution in [3.63, 3.8) is 0 Å². The molecule has 6 nitrogen and oxygen atoms in total. The number of carbonyl (C=O) groups is 1. The van der Waals surface area contributed by atoms with Gasteiger partial charge in [-0.25, -0.2) is 13.6 Å². The number of aromatic amines is 1. The number of rotatable bonds is 8. The van der Waals surface area contributed by atoms with Crippen LogP contribution in [0.25, 0.3) is 10.9 Å². The summed E-state index contributed by atoms with van der Waals surface area (Å²) >= 11 is 0. The fraction of sp³-hybridized carbons (Fsp3) is 0.160. The number of sulfonamides is 1. The Kier molecular flexibility index (Phi) is 6.23. The molecule has 164 valence electrons. The summed E-state index contributed by atoms with van der Waals surface area (Å²) in [5.41, 5.74) is 4.56. The molecule has 0 aliphatic carbocycles. The molecule has 0 saturated carbocycles. The molecule has 0 spiro atoms. The van der Waals surface area contributed by atoms with Gasteiger partial charge in [-0.2, -0.15) is 0 Å². The average molecular weight is 448 g/mol. The van der Waals surface area contributed by atoms with Crippen LogP contribution in [0.3, 0.4) is 0 Å². The summed E-state index contributed by atoms with van der Waals surface area (Å²) in [6.07, 6.45) is 2.41. The van der Waals surface area contributed by atoms with Gasteiger partial charge in [0.05, 0.1) is 10.9 Å². The molecule has 0 aliphatic heterocycles. The first kappa shape index (κ1) is 22.0. The standard InChI is InChI=1S/C25H25N3O3S/c1-17-6-5-9-21-22(16-28-23(17)21)25(29)24(19-7-3-2-4-8-19)27-15-14-18-10-12-20(13-11-18)32(26,30)31/h2-13,16,24,27-28H,14-15H2,1H3,(H2,26,30,31)/t24-/m0/s1. The number of hydrogen-bond donors (Lipinski definition) is 3. The van der Waals surface area contributed by atoms with Crippen LogP contribution in [-0.2, 0) is 16.4 Å². The minimum atomic E-state index is -3.71. The molecule has 4 aromatic rings. The van der Waals surface area contributed by atoms with Gasteiger partial charge in [0.2, 0.25) is 10.0 Å². The highest BCUT2D eigenvalue weighted by atomic mass is 32.2. The van der Waals surface area contributed by atoms with Crippen LogP contribution in [0.1, 0.15) is 33.1 Å². The Labute approximate surface area is 187 Å². The number of benzene rings is 3. The van der Waals surface area contributed by atoms with E-state index in [1.807, 2.05) is 55.5 Å². The van der Waals surface area contributed by atoms with Crippen LogP contribution < -0.4 is 10.5 Å². The number of aromatic nitrogens is 1. The summed E-state index contributed by atoms with van der Waals surface area (Å²) in [7, 11) is -3.71. The topological polar surface area (TPSA) is 105 Å². The van der Waals surface area contributed by atoms with Crippen molar-refractivity contribution in [1.29, 1.82) is 0 Å². The second kappa shape index (κ2) is 9.08. The lowest BCUT2D eigenvalue weighted by Gasteiger charge is -2.18. The second-order valence-corrected chi connectivity index (χ2v) is 9.36. The predicted molar refractivity (Wildman–Crippen MR) is 126 cm³/mol. The zero-order valence-corrected chi connectivity index (χ0v) is 18.5. The minimum absolute atomic E-state index is 0.00220. The Morgan fingerprint density at radius 1 is 1.00 bits per heavy atom. The maximum atomic E-state index is 13.6. The zero-order chi connectivity index (χ0) is 22.7. The summed E-state index contributed by atoms with van der Waals surface area (Å²) in [5, 5.41) is 9.46. The fourth-order valence-electron chi connectivity index (χ4n) is 3.88. The van der Waals surface area contributed by atoms with Gasteiger partial charge in [-0.05, 0) is 42.2 Å². The van der Waals surface area contributed by atoms with Crippen molar-refractivity contribution in [2.75, 3.05) is 6.54 Å². The lowest BCUT2D eigenvalue weighted by molar-refractivity contribution is 0.0945. The van der Waals surface area contributed by atoms with E-state index in [0.717, 1.165) is 27.6 Å². The van der Waals surface area contributed by atoms with Crippen LogP contribution in [0.5, 0.6) is 0 Å². The van der Waals surface area contributed by atoms with Crippen molar-refractivity contribution in [2.24, 2.45) is 5.14 Å². The van der Waals surface area contributed by atoms with Gasteiger partial charge in [0.15, 0.2) is 5.78 Å². The fourth-order valence-corrected chi connectivity index (χ4v) is 4.39. The van der Waals surface area contributed by atoms with E-state index in [0.29, 0.717) is 18.5 Å². The lowest BCUT2D eigenvalue weighted by Crippen LogP contribution is -2.30. The van der Waals surface area contributed by atoms with Gasteiger partial charge < -0.3 is 10.3 Å². The molecule has 4 rings (SSSR count). The minimum Gasteiger partial charge on any atom is -0.360 e. The third kappa shape index (κ3) is 4.65. The summed E-state index contributed by atoms with van der Waals surface area (Å²) in [6.45, 7) is 2.56. The van der Waals surface area contributed by atoms with Crippen LogP contribution in [0.15, 0.2) is 83.9 Å². The number of primary sulfonamides is 1. The third-order valence-electron chi connectivity index (χ3n) is 5.60. The van der Waals surface area contributed by atoms with Gasteiger partial charge in [-0.1, -0.05) is 60.7 Å². The van der Waals surface area contributed by atoms with E-state index in [9.17, 15) is 13.2 Å². The van der Waals surface area contributed by atoms with E-state index >= 15 is 0 Å². The molecular weight excluding hydrogens is 422 g/mol. The molecule has 0 fully saturated rings. The number of hydrogen-bond acceptors (Lipinski definition) is 4. The number of aryl methyl sites for hydroxylation is 1. The van der Waals surface area contributed by atoms with E-state index in [1.54, 1.807) is 18.3 Å². The molecule has 32 heavy (non-hydrogen) atoms. The number of Topliss-reactive ketones (excluding diaryl/α,β-unsaturated/α-hetero) is 1. The number of nitrogens with two attached hydrogens (primary N) is 1. The van der Waals surface area contributed by atoms with Crippen molar-refractivity contribution in [2.45, 2.75) is 24.3 Å². The van der Waals surface area contributed by atoms with E-state index in [2.05, 4.69) is 10.3 Å². The van der Waals surface area contributed by atoms with E-state index in [4.69, 9.17) is 5.14 Å². The lowest BCUT2D eigenvalue weighted by atomic mass is 9.96. The maximum Gasteiger partial charge on any atom is 0.238 e. The maximum absolute atomic E-state index is 13.6. The summed E-state index contributed by atoms with van der Waals surface area (Å²) < 4.78 is 22.9. The predicted octanol–water partition coefficient (Wildman–Crippen LogP) is 3.88. The molecule has 0 bridgehead atoms. The number of carbonyl (C=O) groups excluding carboxylic acids is 1. The monoisotopic (exact) mass is 447 g/mol. The van der Waals surface area contributed by atoms with Crippen molar-refractivity contribution in [3.05, 3.63) is 101 Å². The highest BCUT2D eigenvalue weighted by molar-refractivity contribution is 7.89. The van der Waals surface area contributed by atoms with Crippen molar-refractivity contribution < 1.29 is 13.2 Å². The van der Waals surface area contributed by atoms with Crippen molar-refractivity contribution in [3.8, 4) is 0 Å². The van der Waals surface area contributed by atoms with Gasteiger partial charge in [-0.15, -0.1) is 0 Å². The normalized spacial score (nSPS) is 12.7. The Morgan fingerprint density at radius 2 is 1.72 bits per heavy atom. The summed E-state index contributed by atoms with van der Waals surface area (Å²) in [4.78, 5) is 16.9. The first-order valence-electron chi connectivity index (χ1n) is 10.4. The molecule has 0 aliphatic rings. The highest BCUT2D eigenvalue weighted by Crippen LogP contribution is 2.26. The van der Waals surface area contributed by atoms with Crippen LogP contribution in [-0.4, -0.2) is 25.7 Å². The average Bonchev–Trinajstić information content (AvgIpc) is 3.22. The van der Waals surface area contributed by atoms with E-state index in [-0.39, 0.29) is 10.7 Å². The van der Waals surface area contributed by atoms with Crippen molar-refractivity contribution >= 4 is 26.7 Å². The largest absolute Gasteiger partial charge is 0.360 e. The Balaban J connectivity index is 1.55. The van der Waals surface area contributed by atoms with Gasteiger partial charge in [0.1, 0.15) is 0 Å². The van der Waals surface area contributed by atoms with Gasteiger partial charge in [0, 0.05) is 29.2 Å². The smallest absolute Gasteiger partial charge is 0.238 e. The second-order valence-electron chi connectivity index (χ2n) is 7.80.